The van der Waals surface area contributed by atoms with E-state index >= 15 is 0 Å². The molecule has 2 fully saturated rings. The topological polar surface area (TPSA) is 193 Å². The first kappa shape index (κ1) is 41.2. The van der Waals surface area contributed by atoms with Gasteiger partial charge in [-0.2, -0.15) is 0 Å². The van der Waals surface area contributed by atoms with Gasteiger partial charge in [0, 0.05) is 42.7 Å². The van der Waals surface area contributed by atoms with E-state index in [2.05, 4.69) is 54.8 Å². The number of amides is 4. The lowest BCUT2D eigenvalue weighted by Gasteiger charge is -2.30. The van der Waals surface area contributed by atoms with E-state index < -0.39 is 36.5 Å². The first-order valence-corrected chi connectivity index (χ1v) is 19.7. The molecule has 4 aromatic rings. The number of aromatic amines is 2. The molecule has 2 aromatic carbocycles. The molecule has 2 aliphatic rings. The van der Waals surface area contributed by atoms with Crippen molar-refractivity contribution in [3.63, 3.8) is 0 Å². The Morgan fingerprint density at radius 1 is 0.702 bits per heavy atom. The summed E-state index contributed by atoms with van der Waals surface area (Å²) < 4.78 is 20.3. The van der Waals surface area contributed by atoms with Crippen LogP contribution in [0.25, 0.3) is 22.5 Å². The largest absolute Gasteiger partial charge is 0.453 e. The van der Waals surface area contributed by atoms with Crippen LogP contribution >= 0.6 is 11.8 Å². The summed E-state index contributed by atoms with van der Waals surface area (Å²) in [6.45, 7) is 4.54. The molecule has 6 atom stereocenters. The molecule has 17 heteroatoms. The fraction of sp³-hybridized carbons (Fsp3) is 0.450. The minimum atomic E-state index is -0.903. The van der Waals surface area contributed by atoms with Crippen molar-refractivity contribution in [3.05, 3.63) is 72.6 Å². The number of methoxy groups -OCH3 is 4. The number of alkyl carbamates (subject to hydrolysis) is 2. The van der Waals surface area contributed by atoms with E-state index in [-0.39, 0.29) is 23.9 Å². The number of ether oxygens (including phenoxy) is 4. The number of imidazole rings is 2. The number of H-pyrrole nitrogens is 2. The zero-order chi connectivity index (χ0) is 40.6. The van der Waals surface area contributed by atoms with Gasteiger partial charge in [-0.15, -0.1) is 0 Å². The van der Waals surface area contributed by atoms with Gasteiger partial charge >= 0.3 is 12.2 Å². The van der Waals surface area contributed by atoms with Crippen molar-refractivity contribution >= 4 is 35.8 Å². The molecule has 0 aliphatic carbocycles. The third-order valence-electron chi connectivity index (χ3n) is 10.6. The Labute approximate surface area is 335 Å². The molecule has 304 valence electrons. The Hall–Kier alpha value is -5.39. The molecular formula is C40H50N8O8S. The van der Waals surface area contributed by atoms with Crippen LogP contribution in [0.1, 0.15) is 63.3 Å². The average Bonchev–Trinajstić information content (AvgIpc) is 4.08. The monoisotopic (exact) mass is 802 g/mol. The molecule has 0 spiro atoms. The Balaban J connectivity index is 1.10. The highest BCUT2D eigenvalue weighted by atomic mass is 32.2. The number of hydrogen-bond acceptors (Lipinski definition) is 11. The lowest BCUT2D eigenvalue weighted by Crippen LogP contribution is -2.54. The molecular weight excluding hydrogens is 753 g/mol. The number of hydrogen-bond donors (Lipinski definition) is 4. The number of likely N-dealkylation sites (tertiary alicyclic amines) is 2. The predicted octanol–water partition coefficient (Wildman–Crippen LogP) is 5.46. The third kappa shape index (κ3) is 9.43. The highest BCUT2D eigenvalue weighted by Crippen LogP contribution is 2.36. The van der Waals surface area contributed by atoms with Crippen LogP contribution in [0.3, 0.4) is 0 Å². The van der Waals surface area contributed by atoms with Gasteiger partial charge in [-0.1, -0.05) is 36.0 Å². The van der Waals surface area contributed by atoms with Crippen LogP contribution in [-0.2, 0) is 28.5 Å². The van der Waals surface area contributed by atoms with Crippen LogP contribution in [0.2, 0.25) is 0 Å². The van der Waals surface area contributed by atoms with Gasteiger partial charge in [0.15, 0.2) is 0 Å². The van der Waals surface area contributed by atoms with E-state index in [1.54, 1.807) is 47.8 Å². The first-order chi connectivity index (χ1) is 27.5. The van der Waals surface area contributed by atoms with E-state index in [4.69, 9.17) is 18.9 Å². The second kappa shape index (κ2) is 18.7. The third-order valence-corrected chi connectivity index (χ3v) is 11.6. The molecule has 4 amide bonds. The van der Waals surface area contributed by atoms with Crippen molar-refractivity contribution in [2.75, 3.05) is 41.5 Å². The fourth-order valence-corrected chi connectivity index (χ4v) is 8.14. The lowest BCUT2D eigenvalue weighted by atomic mass is 10.1. The minimum Gasteiger partial charge on any atom is -0.453 e. The lowest BCUT2D eigenvalue weighted by molar-refractivity contribution is -0.138. The van der Waals surface area contributed by atoms with Crippen molar-refractivity contribution in [2.24, 2.45) is 0 Å². The fourth-order valence-electron chi connectivity index (χ4n) is 7.26. The van der Waals surface area contributed by atoms with Gasteiger partial charge < -0.3 is 49.3 Å². The van der Waals surface area contributed by atoms with Gasteiger partial charge in [-0.05, 0) is 69.4 Å². The maximum Gasteiger partial charge on any atom is 0.407 e. The van der Waals surface area contributed by atoms with Gasteiger partial charge in [0.05, 0.1) is 62.3 Å². The molecule has 0 bridgehead atoms. The van der Waals surface area contributed by atoms with Gasteiger partial charge in [0.2, 0.25) is 11.8 Å². The van der Waals surface area contributed by atoms with E-state index in [0.29, 0.717) is 24.7 Å². The zero-order valence-electron chi connectivity index (χ0n) is 32.9. The van der Waals surface area contributed by atoms with Crippen LogP contribution in [0.4, 0.5) is 9.59 Å². The van der Waals surface area contributed by atoms with Gasteiger partial charge in [-0.3, -0.25) is 9.59 Å². The van der Waals surface area contributed by atoms with Crippen molar-refractivity contribution in [2.45, 2.75) is 85.7 Å². The summed E-state index contributed by atoms with van der Waals surface area (Å²) in [5, 5.41) is 5.24. The average molecular weight is 803 g/mol. The number of carbonyl (C=O) groups excluding carboxylic acids is 4. The summed E-state index contributed by atoms with van der Waals surface area (Å²) >= 11 is 1.63. The van der Waals surface area contributed by atoms with Crippen LogP contribution in [0, 0.1) is 0 Å². The number of aromatic nitrogens is 4. The summed E-state index contributed by atoms with van der Waals surface area (Å²) in [5.74, 6) is 0.861. The summed E-state index contributed by atoms with van der Waals surface area (Å²) in [4.78, 5) is 73.1. The number of rotatable bonds is 14. The second-order valence-electron chi connectivity index (χ2n) is 14.0. The van der Waals surface area contributed by atoms with E-state index in [1.807, 2.05) is 24.3 Å². The molecule has 2 aromatic heterocycles. The van der Waals surface area contributed by atoms with Crippen molar-refractivity contribution in [3.8, 4) is 22.5 Å². The van der Waals surface area contributed by atoms with Crippen LogP contribution in [0.15, 0.2) is 70.7 Å². The van der Waals surface area contributed by atoms with Crippen LogP contribution < -0.4 is 10.6 Å². The van der Waals surface area contributed by atoms with Gasteiger partial charge in [0.25, 0.3) is 0 Å². The molecule has 0 radical (unpaired) electrons. The van der Waals surface area contributed by atoms with E-state index in [9.17, 15) is 19.2 Å². The Kier molecular flexibility index (Phi) is 13.5. The summed E-state index contributed by atoms with van der Waals surface area (Å²) in [6, 6.07) is 14.0. The van der Waals surface area contributed by atoms with Crippen molar-refractivity contribution in [1.82, 2.24) is 40.4 Å². The highest BCUT2D eigenvalue weighted by molar-refractivity contribution is 7.99. The maximum absolute atomic E-state index is 13.6. The van der Waals surface area contributed by atoms with Gasteiger partial charge in [0.1, 0.15) is 23.7 Å². The Morgan fingerprint density at radius 2 is 1.19 bits per heavy atom. The summed E-state index contributed by atoms with van der Waals surface area (Å²) in [7, 11) is 5.50. The Morgan fingerprint density at radius 3 is 1.67 bits per heavy atom. The molecule has 4 N–H and O–H groups in total. The Bertz CT molecular complexity index is 2020. The molecule has 16 nitrogen and oxygen atoms in total. The van der Waals surface area contributed by atoms with Crippen LogP contribution in [-0.4, -0.2) is 120 Å². The second-order valence-corrected chi connectivity index (χ2v) is 15.2. The highest BCUT2D eigenvalue weighted by Gasteiger charge is 2.40. The normalized spacial score (nSPS) is 18.8. The predicted molar refractivity (Wildman–Crippen MR) is 211 cm³/mol. The quantitative estimate of drug-likeness (QED) is 0.127. The molecule has 2 saturated heterocycles. The van der Waals surface area contributed by atoms with Crippen molar-refractivity contribution < 1.29 is 38.1 Å². The summed E-state index contributed by atoms with van der Waals surface area (Å²) in [5.41, 5.74) is 3.57. The van der Waals surface area contributed by atoms with E-state index in [1.165, 1.54) is 28.4 Å². The molecule has 0 saturated carbocycles. The molecule has 6 rings (SSSR count). The smallest absolute Gasteiger partial charge is 0.407 e. The molecule has 4 heterocycles. The first-order valence-electron chi connectivity index (χ1n) is 18.9. The zero-order valence-corrected chi connectivity index (χ0v) is 33.8. The number of carbonyl (C=O) groups is 4. The van der Waals surface area contributed by atoms with Gasteiger partial charge in [-0.25, -0.2) is 19.6 Å². The van der Waals surface area contributed by atoms with E-state index in [0.717, 1.165) is 58.0 Å². The van der Waals surface area contributed by atoms with Crippen LogP contribution in [0.5, 0.6) is 0 Å². The number of benzene rings is 2. The number of nitrogens with one attached hydrogen (secondary N) is 4. The maximum atomic E-state index is 13.6. The standard InChI is InChI=1S/C40H50N8O8S/c1-23(53-3)33(45-39(51)55-5)37(49)47-18-8-12-31(47)35-41-21-29(43-35)25-14-16-27(17-15-25)57-28-11-7-10-26(20-28)30-22-42-36(44-30)32-13-9-19-48(32)38(50)34(24(2)54-4)46-40(52)56-6/h7,10-11,14-17,20-24,31-34H,8-9,12-13,18-19H2,1-6H3,(H,41,43)(H,42,44)(H,45,51)(H,46,52)/t23-,24-,31+,32?,33+,34+/m1/s1. The SMILES string of the molecule is COC(=O)N[C@H](C(=O)N1CCCC1c1ncc(-c2cccc(Sc3ccc(-c4cnc([C@@H]5CCCN5C(=O)[C@@H](NC(=O)OC)[C@@H](C)OC)[nH]4)cc3)c2)[nH]1)[C@@H](C)OC. The summed E-state index contributed by atoms with van der Waals surface area (Å²) in [6.07, 6.45) is 4.14. The molecule has 1 unspecified atom stereocenters. The minimum absolute atomic E-state index is 0.251. The van der Waals surface area contributed by atoms with Crippen molar-refractivity contribution in [1.29, 1.82) is 0 Å². The molecule has 2 aliphatic heterocycles. The molecule has 57 heavy (non-hydrogen) atoms. The number of nitrogens with zero attached hydrogens (tertiary/aromatic N) is 4.